The molecule has 0 unspecified atom stereocenters. The number of sulfonamides is 1. The quantitative estimate of drug-likeness (QED) is 0.564. The third-order valence-corrected chi connectivity index (χ3v) is 6.33. The Morgan fingerprint density at radius 1 is 1.09 bits per heavy atom. The molecule has 0 aliphatic heterocycles. The van der Waals surface area contributed by atoms with Crippen molar-refractivity contribution in [1.82, 2.24) is 9.62 Å². The van der Waals surface area contributed by atoms with Gasteiger partial charge in [-0.2, -0.15) is 4.72 Å². The molecule has 2 amide bonds. The molecule has 1 atom stereocenters. The molecule has 0 fully saturated rings. The summed E-state index contributed by atoms with van der Waals surface area (Å²) >= 11 is 5.81. The molecule has 0 spiro atoms. The molecule has 0 saturated carbocycles. The van der Waals surface area contributed by atoms with E-state index in [2.05, 4.69) is 10.0 Å². The second-order valence-electron chi connectivity index (χ2n) is 8.44. The highest BCUT2D eigenvalue weighted by Gasteiger charge is 2.24. The Balaban J connectivity index is 2.12. The predicted molar refractivity (Wildman–Crippen MR) is 129 cm³/mol. The van der Waals surface area contributed by atoms with Gasteiger partial charge in [0.15, 0.2) is 0 Å². The third-order valence-electron chi connectivity index (χ3n) is 4.52. The number of para-hydroxylation sites is 1. The van der Waals surface area contributed by atoms with Crippen LogP contribution in [0.5, 0.6) is 0 Å². The van der Waals surface area contributed by atoms with Gasteiger partial charge in [-0.05, 0) is 70.5 Å². The normalized spacial score (nSPS) is 12.7. The summed E-state index contributed by atoms with van der Waals surface area (Å²) in [5.41, 5.74) is 0.530. The number of carbonyl (C=O) groups is 2. The fourth-order valence-electron chi connectivity index (χ4n) is 2.83. The highest BCUT2D eigenvalue weighted by atomic mass is 35.5. The Labute approximate surface area is 200 Å². The van der Waals surface area contributed by atoms with Gasteiger partial charge in [0.2, 0.25) is 15.9 Å². The standard InChI is InChI=1S/C23H30ClN3O5S/c1-6-27(22(29)32-23(3,4)5)15-17-9-7-8-10-20(17)25-21(28)16(2)26-33(30,31)19-13-11-18(24)12-14-19/h7-14,16,26H,6,15H2,1-5H3,(H,25,28)/t16-/m0/s1. The first-order valence-electron chi connectivity index (χ1n) is 10.5. The van der Waals surface area contributed by atoms with Crippen LogP contribution < -0.4 is 10.0 Å². The summed E-state index contributed by atoms with van der Waals surface area (Å²) in [4.78, 5) is 26.7. The summed E-state index contributed by atoms with van der Waals surface area (Å²) in [6.07, 6.45) is -0.463. The number of benzene rings is 2. The Morgan fingerprint density at radius 3 is 2.27 bits per heavy atom. The monoisotopic (exact) mass is 495 g/mol. The molecule has 0 aliphatic carbocycles. The van der Waals surface area contributed by atoms with E-state index < -0.39 is 33.7 Å². The number of hydrogen-bond acceptors (Lipinski definition) is 5. The van der Waals surface area contributed by atoms with Crippen molar-refractivity contribution in [2.45, 2.75) is 57.7 Å². The number of nitrogens with zero attached hydrogens (tertiary/aromatic N) is 1. The molecule has 0 aromatic heterocycles. The van der Waals surface area contributed by atoms with Crippen molar-refractivity contribution in [3.05, 3.63) is 59.1 Å². The van der Waals surface area contributed by atoms with Gasteiger partial charge in [-0.25, -0.2) is 13.2 Å². The molecular formula is C23H30ClN3O5S. The Morgan fingerprint density at radius 2 is 1.70 bits per heavy atom. The molecule has 2 aromatic carbocycles. The maximum atomic E-state index is 12.7. The largest absolute Gasteiger partial charge is 0.444 e. The molecule has 10 heteroatoms. The zero-order valence-corrected chi connectivity index (χ0v) is 21.0. The number of ether oxygens (including phenoxy) is 1. The number of carbonyl (C=O) groups excluding carboxylic acids is 2. The molecule has 33 heavy (non-hydrogen) atoms. The van der Waals surface area contributed by atoms with Crippen LogP contribution in [0.15, 0.2) is 53.4 Å². The molecule has 0 aliphatic rings. The van der Waals surface area contributed by atoms with Gasteiger partial charge in [0, 0.05) is 17.3 Å². The number of halogens is 1. The molecule has 180 valence electrons. The summed E-state index contributed by atoms with van der Waals surface area (Å²) in [6.45, 7) is 9.28. The topological polar surface area (TPSA) is 105 Å². The molecule has 0 heterocycles. The average Bonchev–Trinajstić information content (AvgIpc) is 2.71. The number of amides is 2. The van der Waals surface area contributed by atoms with Crippen molar-refractivity contribution in [3.8, 4) is 0 Å². The van der Waals surface area contributed by atoms with Crippen molar-refractivity contribution in [2.75, 3.05) is 11.9 Å². The zero-order chi connectivity index (χ0) is 24.8. The second kappa shape index (κ2) is 11.0. The van der Waals surface area contributed by atoms with Crippen LogP contribution in [0.1, 0.15) is 40.2 Å². The Hall–Kier alpha value is -2.62. The highest BCUT2D eigenvalue weighted by Crippen LogP contribution is 2.20. The molecule has 2 aromatic rings. The lowest BCUT2D eigenvalue weighted by atomic mass is 10.1. The van der Waals surface area contributed by atoms with Crippen LogP contribution >= 0.6 is 11.6 Å². The van der Waals surface area contributed by atoms with Gasteiger partial charge >= 0.3 is 6.09 Å². The molecule has 0 bridgehead atoms. The Kier molecular flexibility index (Phi) is 8.88. The number of hydrogen-bond donors (Lipinski definition) is 2. The van der Waals surface area contributed by atoms with Crippen LogP contribution in [0.3, 0.4) is 0 Å². The first-order chi connectivity index (χ1) is 15.3. The number of rotatable bonds is 8. The van der Waals surface area contributed by atoms with Crippen molar-refractivity contribution in [3.63, 3.8) is 0 Å². The second-order valence-corrected chi connectivity index (χ2v) is 10.6. The van der Waals surface area contributed by atoms with Crippen molar-refractivity contribution in [2.24, 2.45) is 0 Å². The lowest BCUT2D eigenvalue weighted by molar-refractivity contribution is -0.117. The minimum Gasteiger partial charge on any atom is -0.444 e. The maximum absolute atomic E-state index is 12.7. The van der Waals surface area contributed by atoms with Gasteiger partial charge in [0.25, 0.3) is 0 Å². The summed E-state index contributed by atoms with van der Waals surface area (Å²) in [6, 6.07) is 11.6. The van der Waals surface area contributed by atoms with Crippen LogP contribution in [0.25, 0.3) is 0 Å². The SMILES string of the molecule is CCN(Cc1ccccc1NC(=O)[C@H](C)NS(=O)(=O)c1ccc(Cl)cc1)C(=O)OC(C)(C)C. The van der Waals surface area contributed by atoms with Gasteiger partial charge < -0.3 is 15.0 Å². The van der Waals surface area contributed by atoms with E-state index in [1.807, 2.05) is 6.92 Å². The van der Waals surface area contributed by atoms with E-state index in [9.17, 15) is 18.0 Å². The van der Waals surface area contributed by atoms with E-state index in [0.29, 0.717) is 22.8 Å². The highest BCUT2D eigenvalue weighted by molar-refractivity contribution is 7.89. The summed E-state index contributed by atoms with van der Waals surface area (Å²) < 4.78 is 32.9. The van der Waals surface area contributed by atoms with Crippen LogP contribution in [-0.2, 0) is 26.1 Å². The van der Waals surface area contributed by atoms with Crippen LogP contribution in [-0.4, -0.2) is 43.5 Å². The average molecular weight is 496 g/mol. The molecule has 0 radical (unpaired) electrons. The number of nitrogens with one attached hydrogen (secondary N) is 2. The fourth-order valence-corrected chi connectivity index (χ4v) is 4.16. The van der Waals surface area contributed by atoms with Gasteiger partial charge in [-0.3, -0.25) is 4.79 Å². The lowest BCUT2D eigenvalue weighted by Crippen LogP contribution is -2.41. The van der Waals surface area contributed by atoms with E-state index in [-0.39, 0.29) is 11.4 Å². The first kappa shape index (κ1) is 26.6. The number of anilines is 1. The van der Waals surface area contributed by atoms with E-state index in [4.69, 9.17) is 16.3 Å². The smallest absolute Gasteiger partial charge is 0.410 e. The molecular weight excluding hydrogens is 466 g/mol. The zero-order valence-electron chi connectivity index (χ0n) is 19.4. The molecule has 2 rings (SSSR count). The van der Waals surface area contributed by atoms with E-state index in [0.717, 1.165) is 0 Å². The lowest BCUT2D eigenvalue weighted by Gasteiger charge is -2.27. The van der Waals surface area contributed by atoms with Crippen LogP contribution in [0.2, 0.25) is 5.02 Å². The predicted octanol–water partition coefficient (Wildman–Crippen LogP) is 4.40. The summed E-state index contributed by atoms with van der Waals surface area (Å²) in [5.74, 6) is -0.541. The maximum Gasteiger partial charge on any atom is 0.410 e. The molecule has 2 N–H and O–H groups in total. The van der Waals surface area contributed by atoms with Gasteiger partial charge in [-0.1, -0.05) is 29.8 Å². The minimum absolute atomic E-state index is 0.00268. The van der Waals surface area contributed by atoms with E-state index in [1.165, 1.54) is 36.1 Å². The fraction of sp³-hybridized carbons (Fsp3) is 0.391. The van der Waals surface area contributed by atoms with Gasteiger partial charge in [0.1, 0.15) is 5.60 Å². The van der Waals surface area contributed by atoms with Crippen LogP contribution in [0.4, 0.5) is 10.5 Å². The van der Waals surface area contributed by atoms with Crippen LogP contribution in [0, 0.1) is 0 Å². The molecule has 0 saturated heterocycles. The molecule has 8 nitrogen and oxygen atoms in total. The van der Waals surface area contributed by atoms with Gasteiger partial charge in [0.05, 0.1) is 17.5 Å². The van der Waals surface area contributed by atoms with Crippen molar-refractivity contribution >= 4 is 39.3 Å². The van der Waals surface area contributed by atoms with Gasteiger partial charge in [-0.15, -0.1) is 0 Å². The first-order valence-corrected chi connectivity index (χ1v) is 12.3. The Bertz CT molecular complexity index is 1080. The van der Waals surface area contributed by atoms with E-state index in [1.54, 1.807) is 45.0 Å². The summed E-state index contributed by atoms with van der Waals surface area (Å²) in [7, 11) is -3.91. The van der Waals surface area contributed by atoms with Crippen molar-refractivity contribution < 1.29 is 22.7 Å². The third kappa shape index (κ3) is 8.03. The van der Waals surface area contributed by atoms with E-state index >= 15 is 0 Å². The van der Waals surface area contributed by atoms with Crippen molar-refractivity contribution in [1.29, 1.82) is 0 Å². The minimum atomic E-state index is -3.91. The summed E-state index contributed by atoms with van der Waals surface area (Å²) in [5, 5.41) is 3.15.